The molecule has 23 heavy (non-hydrogen) atoms. The van der Waals surface area contributed by atoms with E-state index in [0.29, 0.717) is 22.6 Å². The predicted molar refractivity (Wildman–Crippen MR) is 85.1 cm³/mol. The minimum absolute atomic E-state index is 0.177. The van der Waals surface area contributed by atoms with Gasteiger partial charge in [-0.3, -0.25) is 14.2 Å². The third kappa shape index (κ3) is 2.52. The van der Waals surface area contributed by atoms with Gasteiger partial charge in [0.1, 0.15) is 11.3 Å². The first-order chi connectivity index (χ1) is 11.2. The molecule has 1 amide bonds. The molecule has 2 aromatic heterocycles. The molecule has 116 valence electrons. The van der Waals surface area contributed by atoms with Crippen LogP contribution in [0.3, 0.4) is 0 Å². The van der Waals surface area contributed by atoms with Crippen LogP contribution in [-0.2, 0) is 0 Å². The summed E-state index contributed by atoms with van der Waals surface area (Å²) < 4.78 is 6.49. The Morgan fingerprint density at radius 3 is 2.61 bits per heavy atom. The first-order valence-electron chi connectivity index (χ1n) is 6.90. The van der Waals surface area contributed by atoms with E-state index in [0.717, 1.165) is 0 Å². The van der Waals surface area contributed by atoms with Crippen molar-refractivity contribution in [1.29, 1.82) is 0 Å². The lowest BCUT2D eigenvalue weighted by molar-refractivity contribution is 0.0956. The van der Waals surface area contributed by atoms with Crippen LogP contribution in [0, 0.1) is 0 Å². The minimum atomic E-state index is -0.539. The lowest BCUT2D eigenvalue weighted by Gasteiger charge is -2.11. The summed E-state index contributed by atoms with van der Waals surface area (Å²) in [6, 6.07) is 10.3. The van der Waals surface area contributed by atoms with Crippen LogP contribution in [0.15, 0.2) is 47.4 Å². The molecule has 0 aliphatic carbocycles. The van der Waals surface area contributed by atoms with Gasteiger partial charge in [-0.2, -0.15) is 0 Å². The Labute approximate surface area is 131 Å². The zero-order chi connectivity index (χ0) is 16.4. The van der Waals surface area contributed by atoms with Gasteiger partial charge in [0, 0.05) is 13.2 Å². The molecule has 1 aromatic carbocycles. The van der Waals surface area contributed by atoms with Crippen molar-refractivity contribution < 1.29 is 9.53 Å². The SMILES string of the molecule is CNC(=O)c1nc2cccnc2n(-c2ccc(OC)cc2)c1=O. The van der Waals surface area contributed by atoms with Crippen molar-refractivity contribution in [3.05, 3.63) is 58.6 Å². The molecule has 3 aromatic rings. The summed E-state index contributed by atoms with van der Waals surface area (Å²) in [4.78, 5) is 33.0. The summed E-state index contributed by atoms with van der Waals surface area (Å²) in [6.07, 6.45) is 1.57. The Morgan fingerprint density at radius 2 is 1.96 bits per heavy atom. The van der Waals surface area contributed by atoms with Gasteiger partial charge in [-0.25, -0.2) is 9.97 Å². The zero-order valence-corrected chi connectivity index (χ0v) is 12.6. The monoisotopic (exact) mass is 310 g/mol. The van der Waals surface area contributed by atoms with E-state index in [1.165, 1.54) is 11.6 Å². The van der Waals surface area contributed by atoms with Gasteiger partial charge in [0.25, 0.3) is 11.5 Å². The number of rotatable bonds is 3. The van der Waals surface area contributed by atoms with Crippen LogP contribution in [0.1, 0.15) is 10.5 Å². The summed E-state index contributed by atoms with van der Waals surface area (Å²) in [6.45, 7) is 0. The molecule has 7 nitrogen and oxygen atoms in total. The Balaban J connectivity index is 2.34. The van der Waals surface area contributed by atoms with Crippen molar-refractivity contribution in [2.24, 2.45) is 0 Å². The van der Waals surface area contributed by atoms with E-state index in [4.69, 9.17) is 4.74 Å². The number of aromatic nitrogens is 3. The zero-order valence-electron chi connectivity index (χ0n) is 12.6. The van der Waals surface area contributed by atoms with E-state index in [2.05, 4.69) is 15.3 Å². The number of benzene rings is 1. The number of ether oxygens (including phenoxy) is 1. The standard InChI is InChI=1S/C16H14N4O3/c1-17-15(21)13-16(22)20(10-5-7-11(23-2)8-6-10)14-12(19-13)4-3-9-18-14/h3-9H,1-2H3,(H,17,21). The molecule has 0 saturated heterocycles. The second kappa shape index (κ2) is 5.88. The molecular weight excluding hydrogens is 296 g/mol. The molecule has 0 radical (unpaired) electrons. The molecule has 1 N–H and O–H groups in total. The van der Waals surface area contributed by atoms with E-state index in [1.807, 2.05) is 0 Å². The van der Waals surface area contributed by atoms with Crippen LogP contribution < -0.4 is 15.6 Å². The van der Waals surface area contributed by atoms with Gasteiger partial charge in [0.05, 0.1) is 12.8 Å². The van der Waals surface area contributed by atoms with Gasteiger partial charge in [0.2, 0.25) is 0 Å². The normalized spacial score (nSPS) is 10.5. The molecule has 0 saturated carbocycles. The van der Waals surface area contributed by atoms with Crippen molar-refractivity contribution in [1.82, 2.24) is 19.9 Å². The number of hydrogen-bond donors (Lipinski definition) is 1. The Morgan fingerprint density at radius 1 is 1.22 bits per heavy atom. The number of fused-ring (bicyclic) bond motifs is 1. The van der Waals surface area contributed by atoms with Crippen LogP contribution in [0.5, 0.6) is 5.75 Å². The topological polar surface area (TPSA) is 86.1 Å². The van der Waals surface area contributed by atoms with Gasteiger partial charge in [-0.15, -0.1) is 0 Å². The Hall–Kier alpha value is -3.22. The number of carbonyl (C=O) groups is 1. The lowest BCUT2D eigenvalue weighted by Crippen LogP contribution is -2.32. The fourth-order valence-electron chi connectivity index (χ4n) is 2.26. The summed E-state index contributed by atoms with van der Waals surface area (Å²) >= 11 is 0. The van der Waals surface area contributed by atoms with Gasteiger partial charge < -0.3 is 10.1 Å². The molecule has 3 rings (SSSR count). The highest BCUT2D eigenvalue weighted by Crippen LogP contribution is 2.17. The molecular formula is C16H14N4O3. The first-order valence-corrected chi connectivity index (χ1v) is 6.90. The second-order valence-electron chi connectivity index (χ2n) is 4.72. The van der Waals surface area contributed by atoms with E-state index >= 15 is 0 Å². The first kappa shape index (κ1) is 14.7. The molecule has 0 unspecified atom stereocenters. The van der Waals surface area contributed by atoms with Crippen LogP contribution in [-0.4, -0.2) is 34.6 Å². The van der Waals surface area contributed by atoms with E-state index in [9.17, 15) is 9.59 Å². The molecule has 2 heterocycles. The van der Waals surface area contributed by atoms with Crippen molar-refractivity contribution >= 4 is 17.1 Å². The van der Waals surface area contributed by atoms with E-state index in [1.54, 1.807) is 49.7 Å². The van der Waals surface area contributed by atoms with Gasteiger partial charge in [0.15, 0.2) is 11.3 Å². The maximum atomic E-state index is 12.7. The number of carbonyl (C=O) groups excluding carboxylic acids is 1. The highest BCUT2D eigenvalue weighted by molar-refractivity contribution is 5.93. The molecule has 7 heteroatoms. The number of amides is 1. The van der Waals surface area contributed by atoms with Crippen LogP contribution in [0.25, 0.3) is 16.9 Å². The summed E-state index contributed by atoms with van der Waals surface area (Å²) in [5.41, 5.74) is 0.716. The molecule has 0 fully saturated rings. The highest BCUT2D eigenvalue weighted by Gasteiger charge is 2.18. The fourth-order valence-corrected chi connectivity index (χ4v) is 2.26. The van der Waals surface area contributed by atoms with Crippen LogP contribution in [0.2, 0.25) is 0 Å². The summed E-state index contributed by atoms with van der Waals surface area (Å²) in [7, 11) is 3.02. The third-order valence-corrected chi connectivity index (χ3v) is 3.39. The number of nitrogens with zero attached hydrogens (tertiary/aromatic N) is 3. The smallest absolute Gasteiger partial charge is 0.288 e. The average Bonchev–Trinajstić information content (AvgIpc) is 2.60. The number of pyridine rings is 1. The molecule has 0 bridgehead atoms. The molecule has 0 atom stereocenters. The fraction of sp³-hybridized carbons (Fsp3) is 0.125. The van der Waals surface area contributed by atoms with Gasteiger partial charge in [-0.05, 0) is 36.4 Å². The highest BCUT2D eigenvalue weighted by atomic mass is 16.5. The van der Waals surface area contributed by atoms with Crippen molar-refractivity contribution in [2.75, 3.05) is 14.2 Å². The van der Waals surface area contributed by atoms with E-state index < -0.39 is 11.5 Å². The predicted octanol–water partition coefficient (Wildman–Crippen LogP) is 1.15. The maximum absolute atomic E-state index is 12.7. The van der Waals surface area contributed by atoms with Crippen molar-refractivity contribution in [3.63, 3.8) is 0 Å². The molecule has 0 aliphatic heterocycles. The van der Waals surface area contributed by atoms with Crippen LogP contribution in [0.4, 0.5) is 0 Å². The van der Waals surface area contributed by atoms with Crippen molar-refractivity contribution in [2.45, 2.75) is 0 Å². The number of hydrogen-bond acceptors (Lipinski definition) is 5. The Kier molecular flexibility index (Phi) is 3.76. The largest absolute Gasteiger partial charge is 0.497 e. The number of nitrogens with one attached hydrogen (secondary N) is 1. The lowest BCUT2D eigenvalue weighted by atomic mass is 10.2. The van der Waals surface area contributed by atoms with Gasteiger partial charge >= 0.3 is 0 Å². The minimum Gasteiger partial charge on any atom is -0.497 e. The molecule has 0 spiro atoms. The van der Waals surface area contributed by atoms with Crippen molar-refractivity contribution in [3.8, 4) is 11.4 Å². The van der Waals surface area contributed by atoms with Crippen LogP contribution >= 0.6 is 0 Å². The number of methoxy groups -OCH3 is 1. The second-order valence-corrected chi connectivity index (χ2v) is 4.72. The quantitative estimate of drug-likeness (QED) is 0.784. The summed E-state index contributed by atoms with van der Waals surface area (Å²) in [5.74, 6) is 0.127. The average molecular weight is 310 g/mol. The molecule has 0 aliphatic rings. The van der Waals surface area contributed by atoms with Gasteiger partial charge in [-0.1, -0.05) is 0 Å². The summed E-state index contributed by atoms with van der Waals surface area (Å²) in [5, 5.41) is 2.43. The van der Waals surface area contributed by atoms with E-state index in [-0.39, 0.29) is 5.69 Å². The Bertz CT molecular complexity index is 932. The third-order valence-electron chi connectivity index (χ3n) is 3.39. The maximum Gasteiger partial charge on any atom is 0.288 e.